The highest BCUT2D eigenvalue weighted by atomic mass is 32.1. The second-order valence-electron chi connectivity index (χ2n) is 6.31. The highest BCUT2D eigenvalue weighted by Gasteiger charge is 2.39. The lowest BCUT2D eigenvalue weighted by Crippen LogP contribution is -2.59. The van der Waals surface area contributed by atoms with Gasteiger partial charge in [-0.25, -0.2) is 0 Å². The molecule has 0 aliphatic carbocycles. The van der Waals surface area contributed by atoms with E-state index in [-0.39, 0.29) is 5.91 Å². The fourth-order valence-corrected chi connectivity index (χ4v) is 4.24. The Labute approximate surface area is 137 Å². The Kier molecular flexibility index (Phi) is 4.62. The average molecular weight is 317 g/mol. The number of piperidine rings is 2. The topological polar surface area (TPSA) is 44.4 Å². The van der Waals surface area contributed by atoms with Gasteiger partial charge in [-0.1, -0.05) is 18.2 Å². The summed E-state index contributed by atoms with van der Waals surface area (Å²) >= 11 is 5.66. The maximum Gasteiger partial charge on any atom is 0.217 e. The summed E-state index contributed by atoms with van der Waals surface area (Å²) in [5.74, 6) is 0.0708. The van der Waals surface area contributed by atoms with Crippen LogP contribution in [-0.4, -0.2) is 34.0 Å². The molecule has 0 radical (unpaired) electrons. The Balaban J connectivity index is 1.68. The van der Waals surface area contributed by atoms with Gasteiger partial charge in [-0.2, -0.15) is 0 Å². The third-order valence-electron chi connectivity index (χ3n) is 4.64. The van der Waals surface area contributed by atoms with Gasteiger partial charge < -0.3 is 15.5 Å². The van der Waals surface area contributed by atoms with Gasteiger partial charge in [0.1, 0.15) is 0 Å². The number of amides is 1. The van der Waals surface area contributed by atoms with E-state index < -0.39 is 0 Å². The number of thiocarbonyl (C=S) groups is 1. The highest BCUT2D eigenvalue weighted by molar-refractivity contribution is 7.80. The molecule has 3 rings (SSSR count). The molecule has 1 amide bonds. The predicted octanol–water partition coefficient (Wildman–Crippen LogP) is 2.91. The van der Waals surface area contributed by atoms with Crippen molar-refractivity contribution in [2.45, 2.75) is 57.2 Å². The van der Waals surface area contributed by atoms with Gasteiger partial charge >= 0.3 is 0 Å². The van der Waals surface area contributed by atoms with Crippen LogP contribution >= 0.6 is 12.2 Å². The van der Waals surface area contributed by atoms with Crippen LogP contribution in [0.25, 0.3) is 0 Å². The molecular formula is C17H23N3OS. The molecule has 1 unspecified atom stereocenters. The zero-order chi connectivity index (χ0) is 15.5. The summed E-state index contributed by atoms with van der Waals surface area (Å²) < 4.78 is 0. The van der Waals surface area contributed by atoms with E-state index in [0.717, 1.165) is 36.5 Å². The van der Waals surface area contributed by atoms with Crippen molar-refractivity contribution in [3.63, 3.8) is 0 Å². The molecule has 118 valence electrons. The molecule has 2 heterocycles. The van der Waals surface area contributed by atoms with Crippen LogP contribution in [0, 0.1) is 0 Å². The number of nitrogens with zero attached hydrogens (tertiary/aromatic N) is 1. The summed E-state index contributed by atoms with van der Waals surface area (Å²) in [4.78, 5) is 13.7. The van der Waals surface area contributed by atoms with Gasteiger partial charge in [-0.05, 0) is 56.5 Å². The Morgan fingerprint density at radius 2 is 1.82 bits per heavy atom. The molecule has 2 bridgehead atoms. The molecule has 2 N–H and O–H groups in total. The number of hydrogen-bond acceptors (Lipinski definition) is 2. The van der Waals surface area contributed by atoms with Gasteiger partial charge in [0.25, 0.3) is 0 Å². The van der Waals surface area contributed by atoms with Crippen molar-refractivity contribution in [1.29, 1.82) is 0 Å². The van der Waals surface area contributed by atoms with Crippen LogP contribution in [0.1, 0.15) is 39.0 Å². The number of benzene rings is 1. The van der Waals surface area contributed by atoms with E-state index in [1.165, 1.54) is 6.42 Å². The molecule has 2 saturated heterocycles. The number of rotatable bonds is 2. The molecule has 1 aromatic carbocycles. The van der Waals surface area contributed by atoms with Gasteiger partial charge in [0.15, 0.2) is 5.11 Å². The summed E-state index contributed by atoms with van der Waals surface area (Å²) in [7, 11) is 0. The van der Waals surface area contributed by atoms with E-state index in [1.807, 2.05) is 30.3 Å². The molecule has 2 aliphatic rings. The first-order valence-corrected chi connectivity index (χ1v) is 8.46. The predicted molar refractivity (Wildman–Crippen MR) is 92.8 cm³/mol. The van der Waals surface area contributed by atoms with Crippen molar-refractivity contribution in [2.75, 3.05) is 5.32 Å². The monoisotopic (exact) mass is 317 g/mol. The normalized spacial score (nSPS) is 27.1. The van der Waals surface area contributed by atoms with E-state index in [9.17, 15) is 4.79 Å². The van der Waals surface area contributed by atoms with E-state index in [1.54, 1.807) is 6.92 Å². The first kappa shape index (κ1) is 15.3. The fourth-order valence-electron chi connectivity index (χ4n) is 3.83. The van der Waals surface area contributed by atoms with Crippen molar-refractivity contribution in [3.05, 3.63) is 30.3 Å². The Morgan fingerprint density at radius 3 is 2.41 bits per heavy atom. The minimum atomic E-state index is 0.0708. The highest BCUT2D eigenvalue weighted by Crippen LogP contribution is 2.34. The van der Waals surface area contributed by atoms with Gasteiger partial charge in [-0.3, -0.25) is 4.79 Å². The SMILES string of the molecule is CC(=O)NC1C[C@H]2CCC[C@@H](C1)N2C(=S)Nc1ccccc1. The standard InChI is InChI=1S/C17H23N3OS/c1-12(21)18-14-10-15-8-5-9-16(11-14)20(15)17(22)19-13-6-3-2-4-7-13/h2-4,6-7,14-16H,5,8-11H2,1H3,(H,18,21)(H,19,22)/t14?,15-,16+. The maximum absolute atomic E-state index is 11.3. The second-order valence-corrected chi connectivity index (χ2v) is 6.70. The summed E-state index contributed by atoms with van der Waals surface area (Å²) in [5, 5.41) is 7.28. The molecule has 4 nitrogen and oxygen atoms in total. The summed E-state index contributed by atoms with van der Waals surface area (Å²) in [6.45, 7) is 1.60. The van der Waals surface area contributed by atoms with Crippen LogP contribution < -0.4 is 10.6 Å². The van der Waals surface area contributed by atoms with Crippen LogP contribution in [0.3, 0.4) is 0 Å². The molecular weight excluding hydrogens is 294 g/mol. The van der Waals surface area contributed by atoms with Crippen LogP contribution in [0.5, 0.6) is 0 Å². The quantitative estimate of drug-likeness (QED) is 0.823. The van der Waals surface area contributed by atoms with E-state index in [2.05, 4.69) is 15.5 Å². The number of anilines is 1. The molecule has 2 aliphatic heterocycles. The van der Waals surface area contributed by atoms with Crippen molar-refractivity contribution in [3.8, 4) is 0 Å². The van der Waals surface area contributed by atoms with E-state index in [4.69, 9.17) is 12.2 Å². The number of carbonyl (C=O) groups is 1. The van der Waals surface area contributed by atoms with Crippen molar-refractivity contribution in [1.82, 2.24) is 10.2 Å². The third-order valence-corrected chi connectivity index (χ3v) is 4.95. The molecule has 3 atom stereocenters. The van der Waals surface area contributed by atoms with Crippen LogP contribution in [0.15, 0.2) is 30.3 Å². The molecule has 0 aromatic heterocycles. The van der Waals surface area contributed by atoms with Crippen molar-refractivity contribution in [2.24, 2.45) is 0 Å². The Hall–Kier alpha value is -1.62. The number of fused-ring (bicyclic) bond motifs is 2. The number of carbonyl (C=O) groups excluding carboxylic acids is 1. The Morgan fingerprint density at radius 1 is 1.18 bits per heavy atom. The zero-order valence-corrected chi connectivity index (χ0v) is 13.7. The molecule has 0 spiro atoms. The summed E-state index contributed by atoms with van der Waals surface area (Å²) in [6.07, 6.45) is 5.55. The average Bonchev–Trinajstić information content (AvgIpc) is 2.46. The lowest BCUT2D eigenvalue weighted by atomic mass is 9.82. The maximum atomic E-state index is 11.3. The summed E-state index contributed by atoms with van der Waals surface area (Å²) in [6, 6.07) is 11.3. The van der Waals surface area contributed by atoms with Crippen LogP contribution in [-0.2, 0) is 4.79 Å². The van der Waals surface area contributed by atoms with Gasteiger partial charge in [0.05, 0.1) is 0 Å². The number of hydrogen-bond donors (Lipinski definition) is 2. The smallest absolute Gasteiger partial charge is 0.217 e. The fraction of sp³-hybridized carbons (Fsp3) is 0.529. The van der Waals surface area contributed by atoms with Crippen molar-refractivity contribution >= 4 is 28.9 Å². The molecule has 0 saturated carbocycles. The van der Waals surface area contributed by atoms with Crippen LogP contribution in [0.4, 0.5) is 5.69 Å². The summed E-state index contributed by atoms with van der Waals surface area (Å²) in [5.41, 5.74) is 1.04. The van der Waals surface area contributed by atoms with E-state index >= 15 is 0 Å². The lowest BCUT2D eigenvalue weighted by Gasteiger charge is -2.50. The number of nitrogens with one attached hydrogen (secondary N) is 2. The number of para-hydroxylation sites is 1. The molecule has 5 heteroatoms. The van der Waals surface area contributed by atoms with Crippen molar-refractivity contribution < 1.29 is 4.79 Å². The lowest BCUT2D eigenvalue weighted by molar-refractivity contribution is -0.120. The van der Waals surface area contributed by atoms with Gasteiger partial charge in [0, 0.05) is 30.7 Å². The molecule has 2 fully saturated rings. The molecule has 1 aromatic rings. The first-order valence-electron chi connectivity index (χ1n) is 8.05. The third kappa shape index (κ3) is 3.40. The zero-order valence-electron chi connectivity index (χ0n) is 12.9. The molecule has 22 heavy (non-hydrogen) atoms. The minimum Gasteiger partial charge on any atom is -0.353 e. The van der Waals surface area contributed by atoms with Gasteiger partial charge in [0.2, 0.25) is 5.91 Å². The van der Waals surface area contributed by atoms with Gasteiger partial charge in [-0.15, -0.1) is 0 Å². The van der Waals surface area contributed by atoms with E-state index in [0.29, 0.717) is 18.1 Å². The largest absolute Gasteiger partial charge is 0.353 e. The first-order chi connectivity index (χ1) is 10.6. The Bertz CT molecular complexity index is 534. The minimum absolute atomic E-state index is 0.0708. The van der Waals surface area contributed by atoms with Crippen LogP contribution in [0.2, 0.25) is 0 Å². The second kappa shape index (κ2) is 6.65.